The number of ether oxygens (including phenoxy) is 1. The van der Waals surface area contributed by atoms with Gasteiger partial charge in [0.25, 0.3) is 0 Å². The van der Waals surface area contributed by atoms with Gasteiger partial charge in [-0.2, -0.15) is 13.2 Å². The molecule has 180 valence electrons. The Bertz CT molecular complexity index is 879. The predicted octanol–water partition coefficient (Wildman–Crippen LogP) is 4.67. The number of carbonyl (C=O) groups is 1. The van der Waals surface area contributed by atoms with E-state index in [4.69, 9.17) is 4.74 Å². The topological polar surface area (TPSA) is 44.8 Å². The summed E-state index contributed by atoms with van der Waals surface area (Å²) in [6.45, 7) is 1.56. The zero-order valence-corrected chi connectivity index (χ0v) is 19.3. The normalized spacial score (nSPS) is 21.7. The van der Waals surface area contributed by atoms with Crippen molar-refractivity contribution in [1.29, 1.82) is 0 Å². The van der Waals surface area contributed by atoms with Crippen LogP contribution in [0.3, 0.4) is 0 Å². The lowest BCUT2D eigenvalue weighted by molar-refractivity contribution is -0.138. The summed E-state index contributed by atoms with van der Waals surface area (Å²) in [6, 6.07) is 15.8. The Morgan fingerprint density at radius 2 is 1.70 bits per heavy atom. The van der Waals surface area contributed by atoms with Gasteiger partial charge in [0, 0.05) is 44.4 Å². The second kappa shape index (κ2) is 11.0. The molecule has 0 aromatic heterocycles. The number of halogens is 3. The molecule has 1 fully saturated rings. The molecule has 0 saturated carbocycles. The number of anilines is 1. The fraction of sp³-hybridized carbons (Fsp3) is 0.480. The molecule has 5 nitrogen and oxygen atoms in total. The lowest BCUT2D eigenvalue weighted by Crippen LogP contribution is -2.43. The van der Waals surface area contributed by atoms with Gasteiger partial charge >= 0.3 is 6.18 Å². The largest absolute Gasteiger partial charge is 0.416 e. The molecule has 0 spiro atoms. The van der Waals surface area contributed by atoms with Crippen molar-refractivity contribution in [3.63, 3.8) is 0 Å². The molecule has 2 aliphatic rings. The van der Waals surface area contributed by atoms with Crippen LogP contribution in [0, 0.1) is 5.92 Å². The van der Waals surface area contributed by atoms with Gasteiger partial charge in [0.1, 0.15) is 0 Å². The number of amides is 1. The molecule has 1 saturated heterocycles. The Hall–Kier alpha value is -2.58. The van der Waals surface area contributed by atoms with Crippen LogP contribution in [-0.2, 0) is 15.7 Å². The number of fused-ring (bicyclic) bond motifs is 3. The zero-order valence-electron chi connectivity index (χ0n) is 19.3. The smallest absolute Gasteiger partial charge is 0.384 e. The van der Waals surface area contributed by atoms with Gasteiger partial charge in [0.15, 0.2) is 0 Å². The summed E-state index contributed by atoms with van der Waals surface area (Å²) in [5, 5.41) is 3.23. The standard InChI is InChI=1S/C19H26F3N3O2.C6H6/c1-24(2)17(26)11-25(3)10-14-6-4-12-9-23-16-7-5-13(19(20,21)22)8-15(16)18(12)27-14;1-2-4-6-5-3-1/h5,7-8,12,14,18,23H,4,6,9-11H2,1-3H3;1-6H. The summed E-state index contributed by atoms with van der Waals surface area (Å²) in [5.41, 5.74) is 0.641. The molecule has 1 N–H and O–H groups in total. The summed E-state index contributed by atoms with van der Waals surface area (Å²) in [4.78, 5) is 15.3. The van der Waals surface area contributed by atoms with E-state index in [1.54, 1.807) is 14.1 Å². The maximum Gasteiger partial charge on any atom is 0.416 e. The van der Waals surface area contributed by atoms with Crippen molar-refractivity contribution in [3.05, 3.63) is 65.7 Å². The van der Waals surface area contributed by atoms with Crippen molar-refractivity contribution in [2.24, 2.45) is 5.92 Å². The number of benzene rings is 2. The lowest BCUT2D eigenvalue weighted by Gasteiger charge is -2.42. The van der Waals surface area contributed by atoms with Gasteiger partial charge in [0.05, 0.1) is 24.3 Å². The van der Waals surface area contributed by atoms with Crippen molar-refractivity contribution < 1.29 is 22.7 Å². The van der Waals surface area contributed by atoms with E-state index in [1.165, 1.54) is 17.0 Å². The minimum Gasteiger partial charge on any atom is -0.384 e. The van der Waals surface area contributed by atoms with E-state index in [-0.39, 0.29) is 30.6 Å². The molecule has 2 aliphatic heterocycles. The number of likely N-dealkylation sites (N-methyl/N-ethyl adjacent to an activating group) is 2. The van der Waals surface area contributed by atoms with E-state index in [9.17, 15) is 18.0 Å². The fourth-order valence-corrected chi connectivity index (χ4v) is 4.15. The van der Waals surface area contributed by atoms with Gasteiger partial charge < -0.3 is 15.0 Å². The predicted molar refractivity (Wildman–Crippen MR) is 123 cm³/mol. The first kappa shape index (κ1) is 25.1. The van der Waals surface area contributed by atoms with Gasteiger partial charge in [-0.15, -0.1) is 0 Å². The molecule has 1 amide bonds. The fourth-order valence-electron chi connectivity index (χ4n) is 4.15. The molecule has 4 rings (SSSR count). The zero-order chi connectivity index (χ0) is 24.0. The number of nitrogens with zero attached hydrogens (tertiary/aromatic N) is 2. The van der Waals surface area contributed by atoms with Crippen LogP contribution < -0.4 is 5.32 Å². The highest BCUT2D eigenvalue weighted by Gasteiger charge is 2.39. The quantitative estimate of drug-likeness (QED) is 0.716. The number of hydrogen-bond acceptors (Lipinski definition) is 4. The van der Waals surface area contributed by atoms with Crippen molar-refractivity contribution >= 4 is 11.6 Å². The van der Waals surface area contributed by atoms with E-state index in [2.05, 4.69) is 5.32 Å². The van der Waals surface area contributed by atoms with Gasteiger partial charge in [-0.1, -0.05) is 36.4 Å². The average molecular weight is 464 g/mol. The van der Waals surface area contributed by atoms with Crippen molar-refractivity contribution in [1.82, 2.24) is 9.80 Å². The highest BCUT2D eigenvalue weighted by Crippen LogP contribution is 2.44. The number of rotatable bonds is 4. The average Bonchev–Trinajstić information content (AvgIpc) is 2.79. The summed E-state index contributed by atoms with van der Waals surface area (Å²) < 4.78 is 45.6. The van der Waals surface area contributed by atoms with Crippen LogP contribution in [0.5, 0.6) is 0 Å². The first-order chi connectivity index (χ1) is 15.6. The van der Waals surface area contributed by atoms with Gasteiger partial charge in [-0.05, 0) is 38.1 Å². The second-order valence-corrected chi connectivity index (χ2v) is 8.84. The molecule has 33 heavy (non-hydrogen) atoms. The second-order valence-electron chi connectivity index (χ2n) is 8.84. The van der Waals surface area contributed by atoms with Crippen LogP contribution >= 0.6 is 0 Å². The molecule has 0 bridgehead atoms. The van der Waals surface area contributed by atoms with E-state index < -0.39 is 11.7 Å². The summed E-state index contributed by atoms with van der Waals surface area (Å²) >= 11 is 0. The monoisotopic (exact) mass is 463 g/mol. The molecule has 2 aromatic rings. The van der Waals surface area contributed by atoms with Gasteiger partial charge in [-0.25, -0.2) is 0 Å². The molecule has 0 aliphatic carbocycles. The van der Waals surface area contributed by atoms with Crippen LogP contribution in [0.15, 0.2) is 54.6 Å². The molecule has 2 aromatic carbocycles. The molecule has 2 heterocycles. The number of hydrogen-bond donors (Lipinski definition) is 1. The molecular weight excluding hydrogens is 431 g/mol. The van der Waals surface area contributed by atoms with Crippen LogP contribution in [-0.4, -0.2) is 62.6 Å². The van der Waals surface area contributed by atoms with Gasteiger partial charge in [-0.3, -0.25) is 9.69 Å². The maximum absolute atomic E-state index is 13.1. The Labute approximate surface area is 193 Å². The third kappa shape index (κ3) is 6.95. The van der Waals surface area contributed by atoms with Crippen LogP contribution in [0.4, 0.5) is 18.9 Å². The molecular formula is C25H32F3N3O2. The van der Waals surface area contributed by atoms with Gasteiger partial charge in [0.2, 0.25) is 5.91 Å². The third-order valence-corrected chi connectivity index (χ3v) is 5.95. The van der Waals surface area contributed by atoms with E-state index >= 15 is 0 Å². The van der Waals surface area contributed by atoms with E-state index in [0.717, 1.165) is 18.9 Å². The number of carbonyl (C=O) groups excluding carboxylic acids is 1. The summed E-state index contributed by atoms with van der Waals surface area (Å²) in [7, 11) is 5.28. The van der Waals surface area contributed by atoms with Crippen molar-refractivity contribution in [3.8, 4) is 0 Å². The van der Waals surface area contributed by atoms with Crippen LogP contribution in [0.1, 0.15) is 30.1 Å². The lowest BCUT2D eigenvalue weighted by atomic mass is 9.83. The SMILES string of the molecule is CN(CC(=O)N(C)C)CC1CCC2CNc3ccc(C(F)(F)F)cc3C2O1.c1ccccc1. The van der Waals surface area contributed by atoms with Crippen molar-refractivity contribution in [2.45, 2.75) is 31.2 Å². The summed E-state index contributed by atoms with van der Waals surface area (Å²) in [5.74, 6) is 0.166. The Balaban J connectivity index is 0.000000442. The van der Waals surface area contributed by atoms with Crippen LogP contribution in [0.25, 0.3) is 0 Å². The van der Waals surface area contributed by atoms with Crippen molar-refractivity contribution in [2.75, 3.05) is 46.1 Å². The number of nitrogens with one attached hydrogen (secondary N) is 1. The Morgan fingerprint density at radius 1 is 1.06 bits per heavy atom. The molecule has 8 heteroatoms. The molecule has 0 radical (unpaired) electrons. The van der Waals surface area contributed by atoms with E-state index in [1.807, 2.05) is 48.3 Å². The first-order valence-corrected chi connectivity index (χ1v) is 11.1. The molecule has 3 unspecified atom stereocenters. The maximum atomic E-state index is 13.1. The van der Waals surface area contributed by atoms with Crippen LogP contribution in [0.2, 0.25) is 0 Å². The number of alkyl halides is 3. The minimum atomic E-state index is -4.37. The highest BCUT2D eigenvalue weighted by atomic mass is 19.4. The molecule has 3 atom stereocenters. The Morgan fingerprint density at radius 3 is 2.27 bits per heavy atom. The minimum absolute atomic E-state index is 0.00761. The van der Waals surface area contributed by atoms with E-state index in [0.29, 0.717) is 24.3 Å². The first-order valence-electron chi connectivity index (χ1n) is 11.1. The third-order valence-electron chi connectivity index (χ3n) is 5.95. The highest BCUT2D eigenvalue weighted by molar-refractivity contribution is 5.77. The summed E-state index contributed by atoms with van der Waals surface area (Å²) in [6.07, 6.45) is -3.11. The Kier molecular flexibility index (Phi) is 8.37.